The number of hydrogen-bond acceptors (Lipinski definition) is 2. The summed E-state index contributed by atoms with van der Waals surface area (Å²) in [6.07, 6.45) is 1.89. The maximum absolute atomic E-state index is 11.0. The third kappa shape index (κ3) is 3.50. The predicted molar refractivity (Wildman–Crippen MR) is 59.3 cm³/mol. The van der Waals surface area contributed by atoms with Crippen molar-refractivity contribution >= 4 is 9.84 Å². The lowest BCUT2D eigenvalue weighted by Gasteiger charge is -2.05. The fourth-order valence-corrected chi connectivity index (χ4v) is 2.01. The molecule has 0 aliphatic carbocycles. The molecular formula is C11H16O2S. The van der Waals surface area contributed by atoms with Crippen molar-refractivity contribution in [1.29, 1.82) is 0 Å². The molecule has 0 amide bonds. The molecule has 0 saturated heterocycles. The van der Waals surface area contributed by atoms with Gasteiger partial charge in [-0.2, -0.15) is 0 Å². The van der Waals surface area contributed by atoms with Crippen molar-refractivity contribution in [3.05, 3.63) is 34.9 Å². The van der Waals surface area contributed by atoms with Gasteiger partial charge in [0.15, 0.2) is 0 Å². The predicted octanol–water partition coefficient (Wildman–Crippen LogP) is 1.89. The third-order valence-electron chi connectivity index (χ3n) is 2.24. The Hall–Kier alpha value is -0.830. The highest BCUT2D eigenvalue weighted by molar-refractivity contribution is 7.90. The van der Waals surface area contributed by atoms with Crippen LogP contribution >= 0.6 is 0 Å². The van der Waals surface area contributed by atoms with Gasteiger partial charge >= 0.3 is 0 Å². The van der Waals surface area contributed by atoms with Gasteiger partial charge < -0.3 is 0 Å². The van der Waals surface area contributed by atoms with Gasteiger partial charge in [-0.05, 0) is 31.4 Å². The van der Waals surface area contributed by atoms with Gasteiger partial charge in [-0.25, -0.2) is 8.42 Å². The van der Waals surface area contributed by atoms with Crippen LogP contribution in [0.1, 0.15) is 16.7 Å². The molecule has 1 aromatic rings. The highest BCUT2D eigenvalue weighted by Crippen LogP contribution is 2.11. The van der Waals surface area contributed by atoms with Crippen LogP contribution in [0.15, 0.2) is 18.2 Å². The highest BCUT2D eigenvalue weighted by atomic mass is 32.2. The van der Waals surface area contributed by atoms with Gasteiger partial charge in [-0.15, -0.1) is 0 Å². The van der Waals surface area contributed by atoms with E-state index in [0.29, 0.717) is 6.42 Å². The number of sulfone groups is 1. The minimum Gasteiger partial charge on any atom is -0.229 e. The topological polar surface area (TPSA) is 34.1 Å². The first-order chi connectivity index (χ1) is 6.38. The maximum Gasteiger partial charge on any atom is 0.147 e. The molecule has 0 bridgehead atoms. The van der Waals surface area contributed by atoms with E-state index in [9.17, 15) is 8.42 Å². The minimum absolute atomic E-state index is 0.233. The lowest BCUT2D eigenvalue weighted by molar-refractivity contribution is 0.601. The standard InChI is InChI=1S/C11H16O2S/c1-9-4-5-11(10(2)8-9)6-7-14(3,12)13/h4-5,8H,6-7H2,1-3H3. The van der Waals surface area contributed by atoms with Gasteiger partial charge in [-0.3, -0.25) is 0 Å². The molecule has 1 aromatic carbocycles. The van der Waals surface area contributed by atoms with Gasteiger partial charge in [0.25, 0.3) is 0 Å². The van der Waals surface area contributed by atoms with Gasteiger partial charge in [0.2, 0.25) is 0 Å². The van der Waals surface area contributed by atoms with E-state index in [1.807, 2.05) is 26.0 Å². The zero-order valence-electron chi connectivity index (χ0n) is 8.87. The number of aryl methyl sites for hydroxylation is 3. The first kappa shape index (κ1) is 11.2. The van der Waals surface area contributed by atoms with Gasteiger partial charge in [-0.1, -0.05) is 23.8 Å². The van der Waals surface area contributed by atoms with Crippen LogP contribution in [-0.4, -0.2) is 20.4 Å². The van der Waals surface area contributed by atoms with Crippen LogP contribution < -0.4 is 0 Å². The Morgan fingerprint density at radius 1 is 1.21 bits per heavy atom. The second-order valence-corrected chi connectivity index (χ2v) is 6.07. The van der Waals surface area contributed by atoms with E-state index in [1.54, 1.807) is 0 Å². The monoisotopic (exact) mass is 212 g/mol. The largest absolute Gasteiger partial charge is 0.229 e. The maximum atomic E-state index is 11.0. The van der Waals surface area contributed by atoms with Crippen molar-refractivity contribution in [3.63, 3.8) is 0 Å². The number of hydrogen-bond donors (Lipinski definition) is 0. The average Bonchev–Trinajstić information content (AvgIpc) is 2.00. The second-order valence-electron chi connectivity index (χ2n) is 3.81. The van der Waals surface area contributed by atoms with Crippen LogP contribution in [0, 0.1) is 13.8 Å². The van der Waals surface area contributed by atoms with Crippen LogP contribution in [0.25, 0.3) is 0 Å². The fourth-order valence-electron chi connectivity index (χ4n) is 1.42. The minimum atomic E-state index is -2.85. The zero-order chi connectivity index (χ0) is 10.8. The van der Waals surface area contributed by atoms with Crippen molar-refractivity contribution in [1.82, 2.24) is 0 Å². The summed E-state index contributed by atoms with van der Waals surface area (Å²) in [4.78, 5) is 0. The molecule has 0 aliphatic heterocycles. The first-order valence-corrected chi connectivity index (χ1v) is 6.68. The summed E-state index contributed by atoms with van der Waals surface area (Å²) < 4.78 is 22.0. The highest BCUT2D eigenvalue weighted by Gasteiger charge is 2.04. The molecule has 0 saturated carbocycles. The summed E-state index contributed by atoms with van der Waals surface area (Å²) >= 11 is 0. The van der Waals surface area contributed by atoms with Crippen molar-refractivity contribution < 1.29 is 8.42 Å². The van der Waals surface area contributed by atoms with E-state index in [1.165, 1.54) is 17.4 Å². The van der Waals surface area contributed by atoms with E-state index in [2.05, 4.69) is 6.07 Å². The van der Waals surface area contributed by atoms with Crippen LogP contribution in [-0.2, 0) is 16.3 Å². The van der Waals surface area contributed by atoms with E-state index in [4.69, 9.17) is 0 Å². The molecule has 3 heteroatoms. The second kappa shape index (κ2) is 4.13. The van der Waals surface area contributed by atoms with Crippen LogP contribution in [0.2, 0.25) is 0 Å². The van der Waals surface area contributed by atoms with E-state index in [-0.39, 0.29) is 5.75 Å². The number of rotatable bonds is 3. The number of benzene rings is 1. The van der Waals surface area contributed by atoms with Crippen LogP contribution in [0.4, 0.5) is 0 Å². The zero-order valence-corrected chi connectivity index (χ0v) is 9.69. The molecule has 0 aromatic heterocycles. The Balaban J connectivity index is 2.78. The molecule has 0 fully saturated rings. The van der Waals surface area contributed by atoms with Gasteiger partial charge in [0.05, 0.1) is 5.75 Å². The van der Waals surface area contributed by atoms with E-state index >= 15 is 0 Å². The van der Waals surface area contributed by atoms with Crippen LogP contribution in [0.5, 0.6) is 0 Å². The quantitative estimate of drug-likeness (QED) is 0.766. The average molecular weight is 212 g/mol. The molecule has 0 heterocycles. The molecule has 0 N–H and O–H groups in total. The molecule has 78 valence electrons. The smallest absolute Gasteiger partial charge is 0.147 e. The van der Waals surface area contributed by atoms with Crippen molar-refractivity contribution in [2.24, 2.45) is 0 Å². The van der Waals surface area contributed by atoms with Gasteiger partial charge in [0.1, 0.15) is 9.84 Å². The Kier molecular flexibility index (Phi) is 3.32. The lowest BCUT2D eigenvalue weighted by Crippen LogP contribution is -2.06. The SMILES string of the molecule is Cc1ccc(CCS(C)(=O)=O)c(C)c1. The molecule has 14 heavy (non-hydrogen) atoms. The Morgan fingerprint density at radius 3 is 2.36 bits per heavy atom. The van der Waals surface area contributed by atoms with Crippen molar-refractivity contribution in [2.75, 3.05) is 12.0 Å². The molecule has 0 atom stereocenters. The van der Waals surface area contributed by atoms with E-state index in [0.717, 1.165) is 5.56 Å². The first-order valence-electron chi connectivity index (χ1n) is 4.62. The Morgan fingerprint density at radius 2 is 1.86 bits per heavy atom. The normalized spacial score (nSPS) is 11.6. The molecule has 0 radical (unpaired) electrons. The molecule has 0 spiro atoms. The van der Waals surface area contributed by atoms with Crippen molar-refractivity contribution in [3.8, 4) is 0 Å². The molecular weight excluding hydrogens is 196 g/mol. The third-order valence-corrected chi connectivity index (χ3v) is 3.19. The summed E-state index contributed by atoms with van der Waals surface area (Å²) in [5, 5.41) is 0. The molecule has 0 aliphatic rings. The van der Waals surface area contributed by atoms with E-state index < -0.39 is 9.84 Å². The molecule has 2 nitrogen and oxygen atoms in total. The molecule has 1 rings (SSSR count). The van der Waals surface area contributed by atoms with Crippen molar-refractivity contribution in [2.45, 2.75) is 20.3 Å². The summed E-state index contributed by atoms with van der Waals surface area (Å²) in [6, 6.07) is 6.11. The summed E-state index contributed by atoms with van der Waals surface area (Å²) in [7, 11) is -2.85. The van der Waals surface area contributed by atoms with Gasteiger partial charge in [0, 0.05) is 6.26 Å². The summed E-state index contributed by atoms with van der Waals surface area (Å²) in [6.45, 7) is 4.05. The van der Waals surface area contributed by atoms with Crippen LogP contribution in [0.3, 0.4) is 0 Å². The Bertz CT molecular complexity index is 419. The summed E-state index contributed by atoms with van der Waals surface area (Å²) in [5.74, 6) is 0.233. The summed E-state index contributed by atoms with van der Waals surface area (Å²) in [5.41, 5.74) is 3.51. The fraction of sp³-hybridized carbons (Fsp3) is 0.455. The Labute approximate surface area is 85.9 Å². The lowest BCUT2D eigenvalue weighted by atomic mass is 10.0. The molecule has 0 unspecified atom stereocenters.